The maximum Gasteiger partial charge on any atom is 0.140 e. The van der Waals surface area contributed by atoms with E-state index in [1.807, 2.05) is 0 Å². The van der Waals surface area contributed by atoms with E-state index in [9.17, 15) is 5.11 Å². The molecule has 0 aliphatic carbocycles. The largest absolute Gasteiger partial charge is 0.506 e. The second kappa shape index (κ2) is 3.69. The lowest BCUT2D eigenvalue weighted by Gasteiger charge is -2.07. The van der Waals surface area contributed by atoms with Crippen LogP contribution in [0.3, 0.4) is 0 Å². The molecule has 64 valence electrons. The fourth-order valence-corrected chi connectivity index (χ4v) is 1.13. The summed E-state index contributed by atoms with van der Waals surface area (Å²) in [6, 6.07) is 1.13. The second-order valence-corrected chi connectivity index (χ2v) is 3.24. The normalized spacial score (nSPS) is 12.5. The summed E-state index contributed by atoms with van der Waals surface area (Å²) >= 11 is 3.18. The van der Waals surface area contributed by atoms with E-state index in [0.29, 0.717) is 5.69 Å². The molecule has 3 N–H and O–H groups in total. The molecule has 0 radical (unpaired) electrons. The summed E-state index contributed by atoms with van der Waals surface area (Å²) in [7, 11) is 0. The minimum absolute atomic E-state index is 0.0803. The molecule has 0 aromatic carbocycles. The summed E-state index contributed by atoms with van der Waals surface area (Å²) in [6.07, 6.45) is 3.11. The van der Waals surface area contributed by atoms with Crippen LogP contribution in [-0.4, -0.2) is 10.1 Å². The van der Waals surface area contributed by atoms with Gasteiger partial charge in [-0.05, 0) is 22.0 Å². The maximum absolute atomic E-state index is 9.37. The van der Waals surface area contributed by atoms with Gasteiger partial charge < -0.3 is 10.8 Å². The Morgan fingerprint density at radius 3 is 2.92 bits per heavy atom. The van der Waals surface area contributed by atoms with E-state index >= 15 is 0 Å². The van der Waals surface area contributed by atoms with E-state index in [1.54, 1.807) is 12.3 Å². The Balaban J connectivity index is 3.09. The van der Waals surface area contributed by atoms with Gasteiger partial charge in [0.2, 0.25) is 0 Å². The molecule has 12 heavy (non-hydrogen) atoms. The molecular formula is C8H9BrN2O. The lowest BCUT2D eigenvalue weighted by Crippen LogP contribution is -2.08. The fraction of sp³-hybridized carbons (Fsp3) is 0.125. The van der Waals surface area contributed by atoms with Gasteiger partial charge in [0.25, 0.3) is 0 Å². The van der Waals surface area contributed by atoms with Crippen LogP contribution in [0.5, 0.6) is 5.75 Å². The Labute approximate surface area is 79.1 Å². The Morgan fingerprint density at radius 1 is 1.75 bits per heavy atom. The molecule has 0 aliphatic heterocycles. The molecular weight excluding hydrogens is 220 g/mol. The van der Waals surface area contributed by atoms with Crippen LogP contribution in [0.4, 0.5) is 0 Å². The summed E-state index contributed by atoms with van der Waals surface area (Å²) in [6.45, 7) is 3.51. The van der Waals surface area contributed by atoms with Gasteiger partial charge >= 0.3 is 0 Å². The third kappa shape index (κ3) is 1.84. The number of pyridine rings is 1. The van der Waals surface area contributed by atoms with Crippen LogP contribution < -0.4 is 5.73 Å². The van der Waals surface area contributed by atoms with Crippen molar-refractivity contribution in [2.24, 2.45) is 5.73 Å². The first-order valence-corrected chi connectivity index (χ1v) is 4.17. The van der Waals surface area contributed by atoms with Gasteiger partial charge in [-0.3, -0.25) is 4.98 Å². The minimum Gasteiger partial charge on any atom is -0.506 e. The number of halogens is 1. The van der Waals surface area contributed by atoms with Crippen molar-refractivity contribution in [3.8, 4) is 5.75 Å². The van der Waals surface area contributed by atoms with Gasteiger partial charge in [0.1, 0.15) is 11.4 Å². The zero-order valence-electron chi connectivity index (χ0n) is 6.37. The number of hydrogen-bond donors (Lipinski definition) is 2. The highest BCUT2D eigenvalue weighted by molar-refractivity contribution is 9.10. The second-order valence-electron chi connectivity index (χ2n) is 2.32. The van der Waals surface area contributed by atoms with Crippen molar-refractivity contribution < 1.29 is 5.11 Å². The zero-order chi connectivity index (χ0) is 9.14. The molecule has 0 spiro atoms. The van der Waals surface area contributed by atoms with Crippen LogP contribution >= 0.6 is 15.9 Å². The van der Waals surface area contributed by atoms with Gasteiger partial charge in [-0.15, -0.1) is 6.58 Å². The van der Waals surface area contributed by atoms with E-state index in [-0.39, 0.29) is 5.75 Å². The summed E-state index contributed by atoms with van der Waals surface area (Å²) in [5.74, 6) is 0.0803. The highest BCUT2D eigenvalue weighted by atomic mass is 79.9. The summed E-state index contributed by atoms with van der Waals surface area (Å²) in [5.41, 5.74) is 6.03. The van der Waals surface area contributed by atoms with Crippen molar-refractivity contribution in [3.63, 3.8) is 0 Å². The molecule has 0 aliphatic rings. The average Bonchev–Trinajstić information content (AvgIpc) is 2.03. The van der Waals surface area contributed by atoms with E-state index in [0.717, 1.165) is 4.47 Å². The number of nitrogens with zero attached hydrogens (tertiary/aromatic N) is 1. The molecule has 1 aromatic rings. The lowest BCUT2D eigenvalue weighted by atomic mass is 10.2. The van der Waals surface area contributed by atoms with Crippen LogP contribution in [0, 0.1) is 0 Å². The van der Waals surface area contributed by atoms with Gasteiger partial charge in [-0.25, -0.2) is 0 Å². The smallest absolute Gasteiger partial charge is 0.140 e. The van der Waals surface area contributed by atoms with Crippen molar-refractivity contribution >= 4 is 15.9 Å². The first kappa shape index (κ1) is 9.22. The summed E-state index contributed by atoms with van der Waals surface area (Å²) < 4.78 is 0.722. The van der Waals surface area contributed by atoms with Crippen LogP contribution in [-0.2, 0) is 0 Å². The lowest BCUT2D eigenvalue weighted by molar-refractivity contribution is 0.461. The van der Waals surface area contributed by atoms with E-state index < -0.39 is 6.04 Å². The average molecular weight is 229 g/mol. The highest BCUT2D eigenvalue weighted by Crippen LogP contribution is 2.23. The van der Waals surface area contributed by atoms with Gasteiger partial charge in [0.05, 0.1) is 6.04 Å². The molecule has 1 aromatic heterocycles. The fourth-order valence-electron chi connectivity index (χ4n) is 0.808. The van der Waals surface area contributed by atoms with Gasteiger partial charge in [-0.2, -0.15) is 0 Å². The Kier molecular flexibility index (Phi) is 2.83. The van der Waals surface area contributed by atoms with Crippen molar-refractivity contribution in [1.29, 1.82) is 0 Å². The zero-order valence-corrected chi connectivity index (χ0v) is 7.95. The Morgan fingerprint density at radius 2 is 2.42 bits per heavy atom. The highest BCUT2D eigenvalue weighted by Gasteiger charge is 2.08. The standard InChI is InChI=1S/C8H9BrN2O/c1-2-6(10)8-7(12)3-5(9)4-11-8/h2-4,6,12H,1,10H2/t6-/m1/s1. The predicted octanol–water partition coefficient (Wildman–Crippen LogP) is 1.74. The van der Waals surface area contributed by atoms with E-state index in [4.69, 9.17) is 5.73 Å². The topological polar surface area (TPSA) is 59.1 Å². The number of hydrogen-bond acceptors (Lipinski definition) is 3. The first-order valence-electron chi connectivity index (χ1n) is 3.37. The SMILES string of the molecule is C=C[C@@H](N)c1ncc(Br)cc1O. The van der Waals surface area contributed by atoms with Crippen LogP contribution in [0.25, 0.3) is 0 Å². The van der Waals surface area contributed by atoms with Gasteiger partial charge in [0.15, 0.2) is 0 Å². The minimum atomic E-state index is -0.418. The predicted molar refractivity (Wildman–Crippen MR) is 50.7 cm³/mol. The third-order valence-corrected chi connectivity index (χ3v) is 1.87. The van der Waals surface area contributed by atoms with Crippen LogP contribution in [0.1, 0.15) is 11.7 Å². The van der Waals surface area contributed by atoms with Crippen molar-refractivity contribution in [3.05, 3.63) is 35.1 Å². The molecule has 4 heteroatoms. The monoisotopic (exact) mass is 228 g/mol. The first-order chi connectivity index (χ1) is 5.65. The van der Waals surface area contributed by atoms with Crippen LogP contribution in [0.15, 0.2) is 29.4 Å². The molecule has 0 unspecified atom stereocenters. The molecule has 0 amide bonds. The number of aromatic nitrogens is 1. The molecule has 3 nitrogen and oxygen atoms in total. The van der Waals surface area contributed by atoms with E-state index in [1.165, 1.54) is 6.08 Å². The molecule has 1 atom stereocenters. The van der Waals surface area contributed by atoms with Gasteiger partial charge in [0, 0.05) is 10.7 Å². The van der Waals surface area contributed by atoms with Crippen molar-refractivity contribution in [2.45, 2.75) is 6.04 Å². The Hall–Kier alpha value is -0.870. The number of rotatable bonds is 2. The van der Waals surface area contributed by atoms with E-state index in [2.05, 4.69) is 27.5 Å². The summed E-state index contributed by atoms with van der Waals surface area (Å²) in [5, 5.41) is 9.37. The number of nitrogens with two attached hydrogens (primary N) is 1. The Bertz CT molecular complexity index is 301. The molecule has 0 saturated heterocycles. The maximum atomic E-state index is 9.37. The van der Waals surface area contributed by atoms with Crippen molar-refractivity contribution in [1.82, 2.24) is 4.98 Å². The molecule has 1 rings (SSSR count). The molecule has 1 heterocycles. The van der Waals surface area contributed by atoms with Gasteiger partial charge in [-0.1, -0.05) is 6.08 Å². The van der Waals surface area contributed by atoms with Crippen LogP contribution in [0.2, 0.25) is 0 Å². The number of aromatic hydroxyl groups is 1. The molecule has 0 fully saturated rings. The van der Waals surface area contributed by atoms with Crippen molar-refractivity contribution in [2.75, 3.05) is 0 Å². The quantitative estimate of drug-likeness (QED) is 0.759. The third-order valence-electron chi connectivity index (χ3n) is 1.43. The molecule has 0 bridgehead atoms. The molecule has 0 saturated carbocycles. The summed E-state index contributed by atoms with van der Waals surface area (Å²) in [4.78, 5) is 3.96.